The van der Waals surface area contributed by atoms with E-state index in [4.69, 9.17) is 27.9 Å². The third-order valence-electron chi connectivity index (χ3n) is 6.60. The average molecular weight is 621 g/mol. The SMILES string of the molecule is CCOc1ccccc1N(CC(=O)N(Cc1c(Cl)cccc1Cl)[C@H](C)C(=O)N[C@@H](C)CC)S(=O)(=O)c1ccccc1. The van der Waals surface area contributed by atoms with Crippen LogP contribution in [0.5, 0.6) is 5.75 Å². The second-order valence-electron chi connectivity index (χ2n) is 9.44. The summed E-state index contributed by atoms with van der Waals surface area (Å²) >= 11 is 12.9. The van der Waals surface area contributed by atoms with Gasteiger partial charge < -0.3 is 15.0 Å². The quantitative estimate of drug-likeness (QED) is 0.256. The first-order chi connectivity index (χ1) is 19.5. The predicted octanol–water partition coefficient (Wildman–Crippen LogP) is 5.92. The number of para-hydroxylation sites is 2. The van der Waals surface area contributed by atoms with Gasteiger partial charge >= 0.3 is 0 Å². The number of benzene rings is 3. The van der Waals surface area contributed by atoms with Crippen molar-refractivity contribution in [1.82, 2.24) is 10.2 Å². The molecule has 0 saturated heterocycles. The topological polar surface area (TPSA) is 96.0 Å². The van der Waals surface area contributed by atoms with Crippen LogP contribution >= 0.6 is 23.2 Å². The van der Waals surface area contributed by atoms with Gasteiger partial charge in [0.05, 0.1) is 17.2 Å². The fourth-order valence-electron chi connectivity index (χ4n) is 4.08. The van der Waals surface area contributed by atoms with Gasteiger partial charge in [0.1, 0.15) is 18.3 Å². The first-order valence-corrected chi connectivity index (χ1v) is 15.5. The first kappa shape index (κ1) is 32.2. The Morgan fingerprint density at radius 2 is 1.51 bits per heavy atom. The number of anilines is 1. The number of halogens is 2. The van der Waals surface area contributed by atoms with Crippen LogP contribution in [0.4, 0.5) is 5.69 Å². The van der Waals surface area contributed by atoms with Crippen LogP contribution in [0.1, 0.15) is 39.7 Å². The van der Waals surface area contributed by atoms with Crippen molar-refractivity contribution in [2.75, 3.05) is 17.5 Å². The summed E-state index contributed by atoms with van der Waals surface area (Å²) in [6.45, 7) is 6.73. The van der Waals surface area contributed by atoms with Crippen LogP contribution in [0.25, 0.3) is 0 Å². The maximum Gasteiger partial charge on any atom is 0.264 e. The number of sulfonamides is 1. The largest absolute Gasteiger partial charge is 0.492 e. The van der Waals surface area contributed by atoms with E-state index in [-0.39, 0.29) is 35.7 Å². The van der Waals surface area contributed by atoms with Crippen LogP contribution in [0, 0.1) is 0 Å². The maximum absolute atomic E-state index is 14.1. The highest BCUT2D eigenvalue weighted by molar-refractivity contribution is 7.92. The van der Waals surface area contributed by atoms with E-state index in [9.17, 15) is 18.0 Å². The molecule has 2 atom stereocenters. The molecule has 0 aromatic heterocycles. The van der Waals surface area contributed by atoms with Gasteiger partial charge in [0.15, 0.2) is 0 Å². The highest BCUT2D eigenvalue weighted by atomic mass is 35.5. The second kappa shape index (κ2) is 14.6. The van der Waals surface area contributed by atoms with E-state index in [1.165, 1.54) is 17.0 Å². The summed E-state index contributed by atoms with van der Waals surface area (Å²) in [5.41, 5.74) is 0.638. The molecular weight excluding hydrogens is 585 g/mol. The molecule has 0 radical (unpaired) electrons. The standard InChI is InChI=1S/C30H35Cl2N3O5S/c1-5-21(3)33-30(37)22(4)34(19-24-25(31)15-12-16-26(24)32)29(36)20-35(27-17-10-11-18-28(27)40-6-2)41(38,39)23-13-8-7-9-14-23/h7-18,21-22H,5-6,19-20H2,1-4H3,(H,33,37)/t21-,22+/m0/s1. The normalized spacial score (nSPS) is 12.7. The summed E-state index contributed by atoms with van der Waals surface area (Å²) in [4.78, 5) is 28.6. The van der Waals surface area contributed by atoms with Gasteiger partial charge in [-0.3, -0.25) is 13.9 Å². The Labute approximate surface area is 252 Å². The molecule has 0 aliphatic rings. The third-order valence-corrected chi connectivity index (χ3v) is 9.08. The Balaban J connectivity index is 2.10. The molecular formula is C30H35Cl2N3O5S. The number of hydrogen-bond acceptors (Lipinski definition) is 5. The van der Waals surface area contributed by atoms with Crippen LogP contribution in [-0.4, -0.2) is 50.4 Å². The number of carbonyl (C=O) groups excluding carboxylic acids is 2. The lowest BCUT2D eigenvalue weighted by Gasteiger charge is -2.33. The fourth-order valence-corrected chi connectivity index (χ4v) is 6.04. The maximum atomic E-state index is 14.1. The van der Waals surface area contributed by atoms with Crippen LogP contribution in [0.2, 0.25) is 10.0 Å². The zero-order valence-electron chi connectivity index (χ0n) is 23.5. The lowest BCUT2D eigenvalue weighted by molar-refractivity contribution is -0.139. The first-order valence-electron chi connectivity index (χ1n) is 13.3. The van der Waals surface area contributed by atoms with Gasteiger partial charge in [0.2, 0.25) is 11.8 Å². The number of carbonyl (C=O) groups is 2. The number of ether oxygens (including phenoxy) is 1. The number of hydrogen-bond donors (Lipinski definition) is 1. The molecule has 0 unspecified atom stereocenters. The summed E-state index contributed by atoms with van der Waals surface area (Å²) in [5.74, 6) is -0.716. The number of nitrogens with zero attached hydrogens (tertiary/aromatic N) is 2. The minimum atomic E-state index is -4.23. The van der Waals surface area contributed by atoms with Crippen LogP contribution in [0.3, 0.4) is 0 Å². The van der Waals surface area contributed by atoms with Crippen molar-refractivity contribution in [2.45, 2.75) is 57.6 Å². The van der Waals surface area contributed by atoms with Crippen molar-refractivity contribution in [3.63, 3.8) is 0 Å². The van der Waals surface area contributed by atoms with E-state index in [0.717, 1.165) is 4.31 Å². The third kappa shape index (κ3) is 7.93. The smallest absolute Gasteiger partial charge is 0.264 e. The number of nitrogens with one attached hydrogen (secondary N) is 1. The van der Waals surface area contributed by atoms with E-state index < -0.39 is 28.5 Å². The molecule has 3 rings (SSSR count). The Morgan fingerprint density at radius 1 is 0.902 bits per heavy atom. The van der Waals surface area contributed by atoms with E-state index in [1.54, 1.807) is 74.5 Å². The van der Waals surface area contributed by atoms with Crippen molar-refractivity contribution in [3.8, 4) is 5.75 Å². The Bertz CT molecular complexity index is 1430. The van der Waals surface area contributed by atoms with Crippen molar-refractivity contribution in [2.24, 2.45) is 0 Å². The molecule has 11 heteroatoms. The van der Waals surface area contributed by atoms with E-state index in [1.807, 2.05) is 13.8 Å². The lowest BCUT2D eigenvalue weighted by atomic mass is 10.1. The molecule has 3 aromatic carbocycles. The van der Waals surface area contributed by atoms with Crippen molar-refractivity contribution < 1.29 is 22.7 Å². The van der Waals surface area contributed by atoms with Crippen LogP contribution < -0.4 is 14.4 Å². The molecule has 41 heavy (non-hydrogen) atoms. The summed E-state index contributed by atoms with van der Waals surface area (Å²) in [7, 11) is -4.23. The van der Waals surface area contributed by atoms with Gasteiger partial charge in [-0.1, -0.05) is 66.5 Å². The molecule has 0 spiro atoms. The molecule has 220 valence electrons. The molecule has 0 saturated carbocycles. The van der Waals surface area contributed by atoms with E-state index in [0.29, 0.717) is 27.8 Å². The molecule has 0 aliphatic carbocycles. The van der Waals surface area contributed by atoms with Crippen molar-refractivity contribution >= 4 is 50.7 Å². The molecule has 0 fully saturated rings. The zero-order valence-corrected chi connectivity index (χ0v) is 25.8. The lowest BCUT2D eigenvalue weighted by Crippen LogP contribution is -2.52. The van der Waals surface area contributed by atoms with Gasteiger partial charge in [-0.2, -0.15) is 0 Å². The molecule has 0 heterocycles. The molecule has 0 aliphatic heterocycles. The summed E-state index contributed by atoms with van der Waals surface area (Å²) in [6.07, 6.45) is 0.695. The monoisotopic (exact) mass is 619 g/mol. The molecule has 8 nitrogen and oxygen atoms in total. The second-order valence-corrected chi connectivity index (χ2v) is 12.1. The number of amides is 2. The van der Waals surface area contributed by atoms with Crippen molar-refractivity contribution in [1.29, 1.82) is 0 Å². The average Bonchev–Trinajstić information content (AvgIpc) is 2.96. The van der Waals surface area contributed by atoms with Crippen molar-refractivity contribution in [3.05, 3.63) is 88.4 Å². The van der Waals surface area contributed by atoms with Gasteiger partial charge in [-0.05, 0) is 63.6 Å². The Morgan fingerprint density at radius 3 is 2.12 bits per heavy atom. The highest BCUT2D eigenvalue weighted by Gasteiger charge is 2.34. The Kier molecular flexibility index (Phi) is 11.5. The molecule has 2 amide bonds. The summed E-state index contributed by atoms with van der Waals surface area (Å²) < 4.78 is 34.7. The van der Waals surface area contributed by atoms with Gasteiger partial charge in [0.25, 0.3) is 10.0 Å². The molecule has 1 N–H and O–H groups in total. The highest BCUT2D eigenvalue weighted by Crippen LogP contribution is 2.33. The zero-order chi connectivity index (χ0) is 30.2. The molecule has 0 bridgehead atoms. The predicted molar refractivity (Wildman–Crippen MR) is 163 cm³/mol. The molecule has 3 aromatic rings. The van der Waals surface area contributed by atoms with Gasteiger partial charge in [-0.25, -0.2) is 8.42 Å². The van der Waals surface area contributed by atoms with Crippen LogP contribution in [-0.2, 0) is 26.2 Å². The summed E-state index contributed by atoms with van der Waals surface area (Å²) in [5, 5.41) is 3.54. The van der Waals surface area contributed by atoms with Gasteiger partial charge in [-0.15, -0.1) is 0 Å². The minimum Gasteiger partial charge on any atom is -0.492 e. The number of rotatable bonds is 13. The van der Waals surface area contributed by atoms with Crippen LogP contribution in [0.15, 0.2) is 77.7 Å². The van der Waals surface area contributed by atoms with E-state index in [2.05, 4.69) is 5.32 Å². The van der Waals surface area contributed by atoms with Gasteiger partial charge in [0, 0.05) is 28.2 Å². The van der Waals surface area contributed by atoms with E-state index >= 15 is 0 Å². The fraction of sp³-hybridized carbons (Fsp3) is 0.333. The minimum absolute atomic E-state index is 0.00219. The summed E-state index contributed by atoms with van der Waals surface area (Å²) in [6, 6.07) is 18.3. The Hall–Kier alpha value is -3.27.